The zero-order chi connectivity index (χ0) is 18.9. The second kappa shape index (κ2) is 7.28. The molecule has 0 amide bonds. The van der Waals surface area contributed by atoms with E-state index in [1.54, 1.807) is 11.0 Å². The van der Waals surface area contributed by atoms with E-state index in [0.717, 1.165) is 37.0 Å². The van der Waals surface area contributed by atoms with Crippen molar-refractivity contribution in [3.63, 3.8) is 0 Å². The second-order valence-corrected chi connectivity index (χ2v) is 7.72. The van der Waals surface area contributed by atoms with Crippen molar-refractivity contribution < 1.29 is 4.74 Å². The highest BCUT2D eigenvalue weighted by molar-refractivity contribution is 5.64. The van der Waals surface area contributed by atoms with Crippen LogP contribution in [0.4, 0.5) is 17.3 Å². The number of aryl methyl sites for hydroxylation is 1. The number of hydrogen-bond acceptors (Lipinski definition) is 5. The van der Waals surface area contributed by atoms with E-state index in [1.807, 2.05) is 30.3 Å². The number of aromatic nitrogens is 3. The Morgan fingerprint density at radius 3 is 2.86 bits per heavy atom. The quantitative estimate of drug-likeness (QED) is 0.749. The van der Waals surface area contributed by atoms with Gasteiger partial charge in [0.05, 0.1) is 11.8 Å². The van der Waals surface area contributed by atoms with Gasteiger partial charge in [-0.1, -0.05) is 18.2 Å². The Morgan fingerprint density at radius 2 is 1.96 bits per heavy atom. The average molecular weight is 375 g/mol. The van der Waals surface area contributed by atoms with Crippen LogP contribution in [0.5, 0.6) is 0 Å². The minimum absolute atomic E-state index is 0.383. The summed E-state index contributed by atoms with van der Waals surface area (Å²) in [5.41, 5.74) is 4.46. The fraction of sp³-hybridized carbons (Fsp3) is 0.364. The van der Waals surface area contributed by atoms with E-state index in [4.69, 9.17) is 4.74 Å². The number of nitrogens with one attached hydrogen (secondary N) is 1. The number of ether oxygens (including phenoxy) is 1. The maximum absolute atomic E-state index is 5.93. The summed E-state index contributed by atoms with van der Waals surface area (Å²) in [6.07, 6.45) is 4.55. The molecule has 2 atom stereocenters. The van der Waals surface area contributed by atoms with Gasteiger partial charge < -0.3 is 15.0 Å². The number of hydrogen-bond donors (Lipinski definition) is 1. The Kier molecular flexibility index (Phi) is 4.49. The SMILES string of the molecule is Cc1cc(Nc2ncn(-c3ccccc3)n2)cc(N2CCC3CCOC3C2)c1. The van der Waals surface area contributed by atoms with E-state index >= 15 is 0 Å². The number of benzene rings is 2. The molecule has 6 heteroatoms. The largest absolute Gasteiger partial charge is 0.376 e. The van der Waals surface area contributed by atoms with Crippen LogP contribution in [0, 0.1) is 12.8 Å². The average Bonchev–Trinajstić information content (AvgIpc) is 3.37. The van der Waals surface area contributed by atoms with Crippen molar-refractivity contribution in [2.24, 2.45) is 5.92 Å². The van der Waals surface area contributed by atoms with Crippen molar-refractivity contribution >= 4 is 17.3 Å². The number of nitrogens with zero attached hydrogens (tertiary/aromatic N) is 4. The Hall–Kier alpha value is -2.86. The number of para-hydroxylation sites is 1. The topological polar surface area (TPSA) is 55.2 Å². The lowest BCUT2D eigenvalue weighted by Crippen LogP contribution is -2.42. The number of anilines is 3. The third kappa shape index (κ3) is 3.47. The van der Waals surface area contributed by atoms with Gasteiger partial charge in [0.25, 0.3) is 0 Å². The molecule has 2 saturated heterocycles. The maximum atomic E-state index is 5.93. The fourth-order valence-electron chi connectivity index (χ4n) is 4.26. The molecular weight excluding hydrogens is 350 g/mol. The van der Waals surface area contributed by atoms with E-state index in [1.165, 1.54) is 24.1 Å². The van der Waals surface area contributed by atoms with Crippen LogP contribution in [0.25, 0.3) is 5.69 Å². The Balaban J connectivity index is 1.34. The van der Waals surface area contributed by atoms with Crippen LogP contribution in [0.1, 0.15) is 18.4 Å². The molecule has 0 bridgehead atoms. The molecule has 2 fully saturated rings. The third-order valence-electron chi connectivity index (χ3n) is 5.71. The molecule has 5 rings (SSSR count). The van der Waals surface area contributed by atoms with Gasteiger partial charge in [-0.05, 0) is 61.6 Å². The highest BCUT2D eigenvalue weighted by Crippen LogP contribution is 2.33. The first kappa shape index (κ1) is 17.3. The molecule has 6 nitrogen and oxygen atoms in total. The molecule has 1 N–H and O–H groups in total. The van der Waals surface area contributed by atoms with Gasteiger partial charge in [-0.2, -0.15) is 4.98 Å². The molecule has 0 saturated carbocycles. The van der Waals surface area contributed by atoms with E-state index in [0.29, 0.717) is 12.1 Å². The Bertz CT molecular complexity index is 955. The van der Waals surface area contributed by atoms with Gasteiger partial charge in [-0.15, -0.1) is 5.10 Å². The molecule has 2 aliphatic rings. The van der Waals surface area contributed by atoms with Crippen LogP contribution in [0.3, 0.4) is 0 Å². The minimum atomic E-state index is 0.383. The van der Waals surface area contributed by atoms with E-state index in [2.05, 4.69) is 45.4 Å². The van der Waals surface area contributed by atoms with Crippen molar-refractivity contribution in [3.05, 3.63) is 60.4 Å². The van der Waals surface area contributed by atoms with E-state index in [9.17, 15) is 0 Å². The highest BCUT2D eigenvalue weighted by atomic mass is 16.5. The third-order valence-corrected chi connectivity index (χ3v) is 5.71. The Morgan fingerprint density at radius 1 is 1.07 bits per heavy atom. The molecular formula is C22H25N5O. The van der Waals surface area contributed by atoms with Gasteiger partial charge in [-0.3, -0.25) is 0 Å². The Labute approximate surface area is 165 Å². The lowest BCUT2D eigenvalue weighted by molar-refractivity contribution is 0.0846. The molecule has 28 heavy (non-hydrogen) atoms. The first-order valence-corrected chi connectivity index (χ1v) is 9.97. The van der Waals surface area contributed by atoms with Crippen LogP contribution in [-0.2, 0) is 4.74 Å². The minimum Gasteiger partial charge on any atom is -0.376 e. The van der Waals surface area contributed by atoms with Crippen LogP contribution >= 0.6 is 0 Å². The smallest absolute Gasteiger partial charge is 0.246 e. The summed E-state index contributed by atoms with van der Waals surface area (Å²) in [6.45, 7) is 5.12. The van der Waals surface area contributed by atoms with Crippen molar-refractivity contribution in [2.45, 2.75) is 25.9 Å². The van der Waals surface area contributed by atoms with Crippen LogP contribution in [0.2, 0.25) is 0 Å². The van der Waals surface area contributed by atoms with Crippen molar-refractivity contribution in [2.75, 3.05) is 29.9 Å². The molecule has 0 radical (unpaired) electrons. The lowest BCUT2D eigenvalue weighted by atomic mass is 9.93. The molecule has 2 aliphatic heterocycles. The van der Waals surface area contributed by atoms with Crippen LogP contribution < -0.4 is 10.2 Å². The highest BCUT2D eigenvalue weighted by Gasteiger charge is 2.34. The zero-order valence-electron chi connectivity index (χ0n) is 16.1. The summed E-state index contributed by atoms with van der Waals surface area (Å²) < 4.78 is 7.71. The summed E-state index contributed by atoms with van der Waals surface area (Å²) in [4.78, 5) is 6.86. The van der Waals surface area contributed by atoms with Crippen LogP contribution in [0.15, 0.2) is 54.9 Å². The molecule has 0 spiro atoms. The van der Waals surface area contributed by atoms with Gasteiger partial charge >= 0.3 is 0 Å². The first-order chi connectivity index (χ1) is 13.7. The number of piperidine rings is 1. The zero-order valence-corrected chi connectivity index (χ0v) is 16.1. The van der Waals surface area contributed by atoms with E-state index < -0.39 is 0 Å². The lowest BCUT2D eigenvalue weighted by Gasteiger charge is -2.36. The second-order valence-electron chi connectivity index (χ2n) is 7.72. The monoisotopic (exact) mass is 375 g/mol. The van der Waals surface area contributed by atoms with Crippen molar-refractivity contribution in [3.8, 4) is 5.69 Å². The molecule has 144 valence electrons. The summed E-state index contributed by atoms with van der Waals surface area (Å²) in [6, 6.07) is 16.6. The molecule has 2 aromatic carbocycles. The van der Waals surface area contributed by atoms with E-state index in [-0.39, 0.29) is 0 Å². The van der Waals surface area contributed by atoms with Gasteiger partial charge in [0.2, 0.25) is 5.95 Å². The van der Waals surface area contributed by atoms with Crippen molar-refractivity contribution in [1.82, 2.24) is 14.8 Å². The summed E-state index contributed by atoms with van der Waals surface area (Å²) in [7, 11) is 0. The molecule has 3 heterocycles. The number of rotatable bonds is 4. The summed E-state index contributed by atoms with van der Waals surface area (Å²) in [5.74, 6) is 1.34. The van der Waals surface area contributed by atoms with Gasteiger partial charge in [-0.25, -0.2) is 4.68 Å². The van der Waals surface area contributed by atoms with Crippen molar-refractivity contribution in [1.29, 1.82) is 0 Å². The predicted molar refractivity (Wildman–Crippen MR) is 110 cm³/mol. The molecule has 2 unspecified atom stereocenters. The molecule has 3 aromatic rings. The van der Waals surface area contributed by atoms with Gasteiger partial charge in [0.1, 0.15) is 6.33 Å². The van der Waals surface area contributed by atoms with Gasteiger partial charge in [0, 0.05) is 31.1 Å². The molecule has 1 aromatic heterocycles. The first-order valence-electron chi connectivity index (χ1n) is 9.97. The summed E-state index contributed by atoms with van der Waals surface area (Å²) in [5, 5.41) is 7.91. The molecule has 0 aliphatic carbocycles. The predicted octanol–water partition coefficient (Wildman–Crippen LogP) is 3.93. The normalized spacial score (nSPS) is 21.5. The number of fused-ring (bicyclic) bond motifs is 1. The van der Waals surface area contributed by atoms with Crippen LogP contribution in [-0.4, -0.2) is 40.6 Å². The maximum Gasteiger partial charge on any atom is 0.246 e. The fourth-order valence-corrected chi connectivity index (χ4v) is 4.26. The van der Waals surface area contributed by atoms with Gasteiger partial charge in [0.15, 0.2) is 0 Å². The summed E-state index contributed by atoms with van der Waals surface area (Å²) >= 11 is 0. The standard InChI is InChI=1S/C22H25N5O/c1-16-11-18(24-22-23-15-27(25-22)19-5-3-2-4-6-19)13-20(12-16)26-9-7-17-8-10-28-21(17)14-26/h2-6,11-13,15,17,21H,7-10,14H2,1H3,(H,24,25).